The summed E-state index contributed by atoms with van der Waals surface area (Å²) in [6.07, 6.45) is -0.248. The number of aryl methyl sites for hydroxylation is 1. The third-order valence-electron chi connectivity index (χ3n) is 4.17. The molecule has 0 spiro atoms. The topological polar surface area (TPSA) is 71.0 Å². The Morgan fingerprint density at radius 3 is 2.90 bits per heavy atom. The molecule has 0 aliphatic carbocycles. The Hall–Kier alpha value is -1.14. The highest BCUT2D eigenvalue weighted by molar-refractivity contribution is 5.38. The van der Waals surface area contributed by atoms with Crippen molar-refractivity contribution in [2.45, 2.75) is 38.1 Å². The number of nitrogens with one attached hydrogen (secondary N) is 1. The molecule has 1 aliphatic heterocycles. The normalized spacial score (nSPS) is 26.8. The van der Waals surface area contributed by atoms with Crippen molar-refractivity contribution in [3.05, 3.63) is 29.3 Å². The van der Waals surface area contributed by atoms with Crippen molar-refractivity contribution < 1.29 is 19.7 Å². The molecule has 5 heteroatoms. The average molecular weight is 295 g/mol. The Kier molecular flexibility index (Phi) is 5.22. The number of hydrogen-bond acceptors (Lipinski definition) is 5. The summed E-state index contributed by atoms with van der Waals surface area (Å²) in [5, 5.41) is 23.9. The zero-order valence-corrected chi connectivity index (χ0v) is 12.9. The molecular weight excluding hydrogens is 270 g/mol. The molecule has 21 heavy (non-hydrogen) atoms. The second-order valence-electron chi connectivity index (χ2n) is 5.76. The van der Waals surface area contributed by atoms with Gasteiger partial charge in [0.15, 0.2) is 0 Å². The van der Waals surface area contributed by atoms with Crippen LogP contribution in [0.5, 0.6) is 5.75 Å². The molecule has 0 bridgehead atoms. The smallest absolute Gasteiger partial charge is 0.124 e. The van der Waals surface area contributed by atoms with Gasteiger partial charge in [0, 0.05) is 31.7 Å². The molecule has 0 radical (unpaired) electrons. The summed E-state index contributed by atoms with van der Waals surface area (Å²) in [7, 11) is 1.59. The first-order valence-corrected chi connectivity index (χ1v) is 7.33. The first kappa shape index (κ1) is 16.2. The van der Waals surface area contributed by atoms with Gasteiger partial charge in [-0.2, -0.15) is 0 Å². The molecule has 1 aromatic carbocycles. The van der Waals surface area contributed by atoms with Crippen LogP contribution in [0.2, 0.25) is 0 Å². The molecule has 1 aromatic rings. The average Bonchev–Trinajstić information content (AvgIpc) is 2.78. The van der Waals surface area contributed by atoms with E-state index in [1.165, 1.54) is 0 Å². The Balaban J connectivity index is 1.93. The highest BCUT2D eigenvalue weighted by Crippen LogP contribution is 2.27. The number of aliphatic hydroxyl groups is 2. The van der Waals surface area contributed by atoms with E-state index in [9.17, 15) is 10.2 Å². The fraction of sp³-hybridized carbons (Fsp3) is 0.625. The second-order valence-corrected chi connectivity index (χ2v) is 5.76. The molecule has 5 nitrogen and oxygen atoms in total. The number of ether oxygens (including phenoxy) is 2. The number of aliphatic hydroxyl groups excluding tert-OH is 1. The predicted octanol–water partition coefficient (Wildman–Crippen LogP) is 1.17. The van der Waals surface area contributed by atoms with Gasteiger partial charge in [-0.05, 0) is 26.0 Å². The maximum atomic E-state index is 10.4. The van der Waals surface area contributed by atoms with Crippen molar-refractivity contribution in [2.24, 2.45) is 0 Å². The lowest BCUT2D eigenvalue weighted by Gasteiger charge is -2.27. The van der Waals surface area contributed by atoms with E-state index in [1.54, 1.807) is 7.11 Å². The number of methoxy groups -OCH3 is 1. The first-order chi connectivity index (χ1) is 9.96. The third kappa shape index (κ3) is 3.74. The predicted molar refractivity (Wildman–Crippen MR) is 80.5 cm³/mol. The minimum absolute atomic E-state index is 0.185. The summed E-state index contributed by atoms with van der Waals surface area (Å²) >= 11 is 0. The van der Waals surface area contributed by atoms with Crippen LogP contribution >= 0.6 is 0 Å². The van der Waals surface area contributed by atoms with E-state index in [0.717, 1.165) is 11.1 Å². The molecule has 0 aromatic heterocycles. The molecule has 3 atom stereocenters. The number of rotatable bonds is 6. The Labute approximate surface area is 125 Å². The molecular formula is C16H25NO4. The zero-order chi connectivity index (χ0) is 15.5. The fourth-order valence-corrected chi connectivity index (χ4v) is 2.65. The largest absolute Gasteiger partial charge is 0.496 e. The highest BCUT2D eigenvalue weighted by Gasteiger charge is 2.39. The van der Waals surface area contributed by atoms with Gasteiger partial charge in [0.25, 0.3) is 0 Å². The van der Waals surface area contributed by atoms with Crippen LogP contribution in [0.15, 0.2) is 18.2 Å². The minimum Gasteiger partial charge on any atom is -0.496 e. The van der Waals surface area contributed by atoms with Gasteiger partial charge < -0.3 is 25.0 Å². The van der Waals surface area contributed by atoms with Crippen LogP contribution in [-0.4, -0.2) is 48.7 Å². The van der Waals surface area contributed by atoms with Gasteiger partial charge in [-0.25, -0.2) is 0 Å². The number of benzene rings is 1. The van der Waals surface area contributed by atoms with Gasteiger partial charge >= 0.3 is 0 Å². The minimum atomic E-state index is -0.851. The SMILES string of the molecule is COc1ccc(C)cc1C(O)CNCC1(O)CCOC1C. The van der Waals surface area contributed by atoms with E-state index < -0.39 is 11.7 Å². The number of hydrogen-bond donors (Lipinski definition) is 3. The van der Waals surface area contributed by atoms with Gasteiger partial charge in [0.05, 0.1) is 19.3 Å². The lowest BCUT2D eigenvalue weighted by molar-refractivity contribution is -0.0274. The molecule has 0 amide bonds. The van der Waals surface area contributed by atoms with Crippen LogP contribution in [-0.2, 0) is 4.74 Å². The van der Waals surface area contributed by atoms with Crippen molar-refractivity contribution in [2.75, 3.05) is 26.8 Å². The highest BCUT2D eigenvalue weighted by atomic mass is 16.5. The van der Waals surface area contributed by atoms with Gasteiger partial charge in [0.1, 0.15) is 11.4 Å². The first-order valence-electron chi connectivity index (χ1n) is 7.33. The van der Waals surface area contributed by atoms with E-state index in [2.05, 4.69) is 5.32 Å². The summed E-state index contributed by atoms with van der Waals surface area (Å²) in [5.41, 5.74) is 0.977. The fourth-order valence-electron chi connectivity index (χ4n) is 2.65. The zero-order valence-electron chi connectivity index (χ0n) is 12.9. The summed E-state index contributed by atoms with van der Waals surface area (Å²) < 4.78 is 10.7. The van der Waals surface area contributed by atoms with Crippen LogP contribution in [0.4, 0.5) is 0 Å². The van der Waals surface area contributed by atoms with Crippen molar-refractivity contribution >= 4 is 0 Å². The molecule has 1 fully saturated rings. The van der Waals surface area contributed by atoms with Crippen LogP contribution in [0.1, 0.15) is 30.6 Å². The lowest BCUT2D eigenvalue weighted by atomic mass is 9.96. The molecule has 3 N–H and O–H groups in total. The van der Waals surface area contributed by atoms with Crippen molar-refractivity contribution in [3.8, 4) is 5.75 Å². The molecule has 3 unspecified atom stereocenters. The summed E-state index contributed by atoms with van der Waals surface area (Å²) in [6.45, 7) is 5.18. The van der Waals surface area contributed by atoms with Crippen molar-refractivity contribution in [1.82, 2.24) is 5.32 Å². The van der Waals surface area contributed by atoms with Gasteiger partial charge in [-0.15, -0.1) is 0 Å². The Bertz CT molecular complexity index is 479. The van der Waals surface area contributed by atoms with E-state index in [1.807, 2.05) is 32.0 Å². The molecule has 1 saturated heterocycles. The quantitative estimate of drug-likeness (QED) is 0.735. The monoisotopic (exact) mass is 295 g/mol. The Morgan fingerprint density at radius 2 is 2.29 bits per heavy atom. The van der Waals surface area contributed by atoms with Gasteiger partial charge in [-0.3, -0.25) is 0 Å². The lowest BCUT2D eigenvalue weighted by Crippen LogP contribution is -2.46. The molecule has 2 rings (SSSR count). The standard InChI is InChI=1S/C16H25NO4/c1-11-4-5-15(20-3)13(8-11)14(18)9-17-10-16(19)6-7-21-12(16)2/h4-5,8,12,14,17-19H,6-7,9-10H2,1-3H3. The summed E-state index contributed by atoms with van der Waals surface area (Å²) in [5.74, 6) is 0.672. The van der Waals surface area contributed by atoms with Crippen molar-refractivity contribution in [1.29, 1.82) is 0 Å². The van der Waals surface area contributed by atoms with Crippen LogP contribution in [0.25, 0.3) is 0 Å². The van der Waals surface area contributed by atoms with Crippen LogP contribution < -0.4 is 10.1 Å². The third-order valence-corrected chi connectivity index (χ3v) is 4.17. The molecule has 1 aliphatic rings. The van der Waals surface area contributed by atoms with Crippen molar-refractivity contribution in [3.63, 3.8) is 0 Å². The maximum Gasteiger partial charge on any atom is 0.124 e. The van der Waals surface area contributed by atoms with Gasteiger partial charge in [0.2, 0.25) is 0 Å². The summed E-state index contributed by atoms with van der Waals surface area (Å²) in [4.78, 5) is 0. The Morgan fingerprint density at radius 1 is 1.52 bits per heavy atom. The summed E-state index contributed by atoms with van der Waals surface area (Å²) in [6, 6.07) is 5.72. The van der Waals surface area contributed by atoms with Gasteiger partial charge in [-0.1, -0.05) is 11.6 Å². The molecule has 0 saturated carbocycles. The van der Waals surface area contributed by atoms with E-state index in [-0.39, 0.29) is 6.10 Å². The van der Waals surface area contributed by atoms with E-state index in [4.69, 9.17) is 9.47 Å². The van der Waals surface area contributed by atoms with E-state index >= 15 is 0 Å². The molecule has 1 heterocycles. The van der Waals surface area contributed by atoms with Crippen LogP contribution in [0, 0.1) is 6.92 Å². The second kappa shape index (κ2) is 6.75. The van der Waals surface area contributed by atoms with E-state index in [0.29, 0.717) is 31.9 Å². The van der Waals surface area contributed by atoms with Crippen LogP contribution in [0.3, 0.4) is 0 Å². The molecule has 118 valence electrons. The maximum absolute atomic E-state index is 10.4.